The lowest BCUT2D eigenvalue weighted by Gasteiger charge is -2.13. The van der Waals surface area contributed by atoms with Crippen LogP contribution in [0.15, 0.2) is 89.8 Å². The van der Waals surface area contributed by atoms with E-state index in [0.717, 1.165) is 28.1 Å². The minimum atomic E-state index is -0.571. The predicted molar refractivity (Wildman–Crippen MR) is 146 cm³/mol. The standard InChI is InChI=1S/C30H23NO6S/c1-35-24-12-10-22(11-13-24)29(33)37-26-16-19(8-14-25(26)36-2)17-27-28(32)31(30(34)38-27)18-20-7-9-21-5-3-4-6-23(21)15-20/h3-17H,18H2,1-2H3/b27-17-. The molecule has 7 nitrogen and oxygen atoms in total. The number of rotatable bonds is 7. The summed E-state index contributed by atoms with van der Waals surface area (Å²) in [5.41, 5.74) is 1.79. The third-order valence-electron chi connectivity index (χ3n) is 6.04. The maximum atomic E-state index is 13.1. The molecule has 0 bridgehead atoms. The summed E-state index contributed by atoms with van der Waals surface area (Å²) in [6.07, 6.45) is 1.61. The van der Waals surface area contributed by atoms with E-state index in [1.165, 1.54) is 12.0 Å². The van der Waals surface area contributed by atoms with Crippen molar-refractivity contribution >= 4 is 45.7 Å². The first-order chi connectivity index (χ1) is 18.4. The van der Waals surface area contributed by atoms with Crippen molar-refractivity contribution in [1.82, 2.24) is 4.90 Å². The summed E-state index contributed by atoms with van der Waals surface area (Å²) >= 11 is 0.877. The molecule has 8 heteroatoms. The number of esters is 1. The topological polar surface area (TPSA) is 82.1 Å². The number of methoxy groups -OCH3 is 2. The fourth-order valence-corrected chi connectivity index (χ4v) is 4.89. The normalized spacial score (nSPS) is 14.3. The Balaban J connectivity index is 1.35. The molecule has 38 heavy (non-hydrogen) atoms. The van der Waals surface area contributed by atoms with E-state index >= 15 is 0 Å². The lowest BCUT2D eigenvalue weighted by Crippen LogP contribution is -2.27. The van der Waals surface area contributed by atoms with E-state index in [1.54, 1.807) is 55.7 Å². The second kappa shape index (κ2) is 10.8. The van der Waals surface area contributed by atoms with Crippen molar-refractivity contribution in [3.8, 4) is 17.2 Å². The molecule has 1 saturated heterocycles. The monoisotopic (exact) mass is 525 g/mol. The van der Waals surface area contributed by atoms with Crippen LogP contribution in [-0.4, -0.2) is 36.2 Å². The van der Waals surface area contributed by atoms with Crippen LogP contribution in [0, 0.1) is 0 Å². The highest BCUT2D eigenvalue weighted by Gasteiger charge is 2.35. The minimum absolute atomic E-state index is 0.181. The number of thioether (sulfide) groups is 1. The zero-order valence-corrected chi connectivity index (χ0v) is 21.5. The van der Waals surface area contributed by atoms with Crippen molar-refractivity contribution in [2.75, 3.05) is 14.2 Å². The van der Waals surface area contributed by atoms with Gasteiger partial charge in [0.15, 0.2) is 11.5 Å². The minimum Gasteiger partial charge on any atom is -0.497 e. The number of ether oxygens (including phenoxy) is 3. The maximum Gasteiger partial charge on any atom is 0.343 e. The molecule has 0 spiro atoms. The summed E-state index contributed by atoms with van der Waals surface area (Å²) in [7, 11) is 3.01. The zero-order valence-electron chi connectivity index (χ0n) is 20.7. The molecule has 4 aromatic rings. The number of carbonyl (C=O) groups is 3. The predicted octanol–water partition coefficient (Wildman–Crippen LogP) is 6.31. The summed E-state index contributed by atoms with van der Waals surface area (Å²) < 4.78 is 16.0. The molecule has 0 radical (unpaired) electrons. The van der Waals surface area contributed by atoms with E-state index in [9.17, 15) is 14.4 Å². The molecule has 1 aliphatic rings. The SMILES string of the molecule is COc1ccc(C(=O)Oc2cc(/C=C3\SC(=O)N(Cc4ccc5ccccc5c4)C3=O)ccc2OC)cc1. The number of hydrogen-bond acceptors (Lipinski definition) is 7. The van der Waals surface area contributed by atoms with Crippen LogP contribution in [0.4, 0.5) is 4.79 Å². The van der Waals surface area contributed by atoms with Crippen molar-refractivity contribution in [3.63, 3.8) is 0 Å². The van der Waals surface area contributed by atoms with E-state index in [1.807, 2.05) is 42.5 Å². The molecule has 0 saturated carbocycles. The molecule has 1 heterocycles. The molecule has 2 amide bonds. The van der Waals surface area contributed by atoms with Gasteiger partial charge in [-0.15, -0.1) is 0 Å². The molecule has 1 fully saturated rings. The Bertz CT molecular complexity index is 1580. The van der Waals surface area contributed by atoms with Gasteiger partial charge in [0.1, 0.15) is 5.75 Å². The Labute approximate surface area is 223 Å². The van der Waals surface area contributed by atoms with Gasteiger partial charge < -0.3 is 14.2 Å². The van der Waals surface area contributed by atoms with Crippen LogP contribution < -0.4 is 14.2 Å². The van der Waals surface area contributed by atoms with Gasteiger partial charge in [-0.2, -0.15) is 0 Å². The third-order valence-corrected chi connectivity index (χ3v) is 6.95. The zero-order chi connectivity index (χ0) is 26.6. The quantitative estimate of drug-likeness (QED) is 0.159. The number of hydrogen-bond donors (Lipinski definition) is 0. The Morgan fingerprint density at radius 3 is 2.34 bits per heavy atom. The Morgan fingerprint density at radius 2 is 1.61 bits per heavy atom. The lowest BCUT2D eigenvalue weighted by atomic mass is 10.1. The van der Waals surface area contributed by atoms with Gasteiger partial charge in [-0.1, -0.05) is 42.5 Å². The van der Waals surface area contributed by atoms with E-state index in [2.05, 4.69) is 0 Å². The fraction of sp³-hybridized carbons (Fsp3) is 0.100. The summed E-state index contributed by atoms with van der Waals surface area (Å²) in [4.78, 5) is 40.0. The van der Waals surface area contributed by atoms with Crippen LogP contribution in [0.2, 0.25) is 0 Å². The average Bonchev–Trinajstić information content (AvgIpc) is 3.20. The van der Waals surface area contributed by atoms with Crippen LogP contribution in [0.5, 0.6) is 17.2 Å². The van der Waals surface area contributed by atoms with Crippen molar-refractivity contribution < 1.29 is 28.6 Å². The molecule has 1 aliphatic heterocycles. The number of carbonyl (C=O) groups excluding carboxylic acids is 3. The molecule has 0 unspecified atom stereocenters. The van der Waals surface area contributed by atoms with E-state index < -0.39 is 5.97 Å². The van der Waals surface area contributed by atoms with E-state index in [-0.39, 0.29) is 28.3 Å². The summed E-state index contributed by atoms with van der Waals surface area (Å²) in [6.45, 7) is 0.181. The van der Waals surface area contributed by atoms with Gasteiger partial charge in [0.25, 0.3) is 11.1 Å². The molecular formula is C30H23NO6S. The first-order valence-corrected chi connectivity index (χ1v) is 12.5. The average molecular weight is 526 g/mol. The molecule has 0 aliphatic carbocycles. The Kier molecular flexibility index (Phi) is 7.15. The van der Waals surface area contributed by atoms with Gasteiger partial charge in [0, 0.05) is 0 Å². The molecule has 4 aromatic carbocycles. The smallest absolute Gasteiger partial charge is 0.343 e. The molecule has 0 N–H and O–H groups in total. The molecular weight excluding hydrogens is 502 g/mol. The van der Waals surface area contributed by atoms with Gasteiger partial charge in [-0.25, -0.2) is 4.79 Å². The van der Waals surface area contributed by atoms with E-state index in [4.69, 9.17) is 14.2 Å². The molecule has 0 atom stereocenters. The van der Waals surface area contributed by atoms with Crippen molar-refractivity contribution in [1.29, 1.82) is 0 Å². The largest absolute Gasteiger partial charge is 0.497 e. The van der Waals surface area contributed by atoms with Crippen LogP contribution in [0.1, 0.15) is 21.5 Å². The van der Waals surface area contributed by atoms with Crippen molar-refractivity contribution in [2.24, 2.45) is 0 Å². The number of amides is 2. The van der Waals surface area contributed by atoms with Gasteiger partial charge >= 0.3 is 5.97 Å². The van der Waals surface area contributed by atoms with Crippen molar-refractivity contribution in [2.45, 2.75) is 6.54 Å². The Hall–Kier alpha value is -4.56. The second-order valence-corrected chi connectivity index (χ2v) is 9.47. The summed E-state index contributed by atoms with van der Waals surface area (Å²) in [5.74, 6) is 0.223. The third kappa shape index (κ3) is 5.26. The second-order valence-electron chi connectivity index (χ2n) is 8.48. The highest BCUT2D eigenvalue weighted by atomic mass is 32.2. The first-order valence-electron chi connectivity index (χ1n) is 11.7. The van der Waals surface area contributed by atoms with Gasteiger partial charge in [0.05, 0.1) is 31.2 Å². The molecule has 5 rings (SSSR count). The number of nitrogens with zero attached hydrogens (tertiary/aromatic N) is 1. The van der Waals surface area contributed by atoms with Gasteiger partial charge in [0.2, 0.25) is 0 Å². The van der Waals surface area contributed by atoms with Crippen molar-refractivity contribution in [3.05, 3.63) is 107 Å². The van der Waals surface area contributed by atoms with E-state index in [0.29, 0.717) is 22.6 Å². The van der Waals surface area contributed by atoms with Crippen LogP contribution >= 0.6 is 11.8 Å². The number of benzene rings is 4. The molecule has 190 valence electrons. The maximum absolute atomic E-state index is 13.1. The lowest BCUT2D eigenvalue weighted by molar-refractivity contribution is -0.123. The highest BCUT2D eigenvalue weighted by molar-refractivity contribution is 8.18. The summed E-state index contributed by atoms with van der Waals surface area (Å²) in [6, 6.07) is 25.3. The Morgan fingerprint density at radius 1 is 0.842 bits per heavy atom. The van der Waals surface area contributed by atoms with Gasteiger partial charge in [-0.05, 0) is 82.2 Å². The fourth-order valence-electron chi connectivity index (χ4n) is 4.06. The highest BCUT2D eigenvalue weighted by Crippen LogP contribution is 2.36. The summed E-state index contributed by atoms with van der Waals surface area (Å²) in [5, 5.41) is 1.80. The van der Waals surface area contributed by atoms with Gasteiger partial charge in [-0.3, -0.25) is 14.5 Å². The van der Waals surface area contributed by atoms with Crippen LogP contribution in [-0.2, 0) is 11.3 Å². The van der Waals surface area contributed by atoms with Crippen LogP contribution in [0.3, 0.4) is 0 Å². The van der Waals surface area contributed by atoms with Crippen LogP contribution in [0.25, 0.3) is 16.8 Å². The number of fused-ring (bicyclic) bond motifs is 1. The number of imide groups is 1. The molecule has 0 aromatic heterocycles. The first kappa shape index (κ1) is 25.1.